The third-order valence-electron chi connectivity index (χ3n) is 3.17. The fourth-order valence-electron chi connectivity index (χ4n) is 1.84. The van der Waals surface area contributed by atoms with E-state index in [9.17, 15) is 9.18 Å². The number of esters is 1. The molecular weight excluding hydrogens is 275 g/mol. The van der Waals surface area contributed by atoms with Crippen LogP contribution in [0.4, 0.5) is 4.39 Å². The van der Waals surface area contributed by atoms with Crippen LogP contribution in [0.5, 0.6) is 0 Å². The Hall–Kier alpha value is -0.250. The number of thioether (sulfide) groups is 1. The minimum Gasteiger partial charge on any atom is -0.465 e. The van der Waals surface area contributed by atoms with Gasteiger partial charge in [-0.05, 0) is 31.4 Å². The van der Waals surface area contributed by atoms with Crippen LogP contribution in [0, 0.1) is 0 Å². The average Bonchev–Trinajstić information content (AvgIpc) is 2.46. The molecule has 0 amide bonds. The Labute approximate surface area is 128 Å². The molecule has 0 spiro atoms. The molecule has 1 unspecified atom stereocenters. The van der Waals surface area contributed by atoms with Gasteiger partial charge in [0, 0.05) is 0 Å². The number of carbonyl (C=O) groups is 1. The highest BCUT2D eigenvalue weighted by Gasteiger charge is 2.19. The Morgan fingerprint density at radius 3 is 2.40 bits per heavy atom. The summed E-state index contributed by atoms with van der Waals surface area (Å²) >= 11 is 1.72. The zero-order valence-corrected chi connectivity index (χ0v) is 14.0. The molecule has 0 aromatic carbocycles. The number of alkyl halides is 1. The van der Waals surface area contributed by atoms with E-state index in [1.165, 1.54) is 0 Å². The monoisotopic (exact) mass is 306 g/mol. The van der Waals surface area contributed by atoms with E-state index in [0.717, 1.165) is 57.1 Å². The number of hydrogen-bond donors (Lipinski definition) is 0. The zero-order valence-electron chi connectivity index (χ0n) is 13.2. The number of unbranched alkanes of at least 4 members (excludes halogenated alkanes) is 5. The summed E-state index contributed by atoms with van der Waals surface area (Å²) in [6, 6.07) is 0. The summed E-state index contributed by atoms with van der Waals surface area (Å²) in [4.78, 5) is 12.0. The predicted molar refractivity (Wildman–Crippen MR) is 86.1 cm³/mol. The molecule has 0 N–H and O–H groups in total. The molecule has 0 aliphatic carbocycles. The van der Waals surface area contributed by atoms with Crippen LogP contribution in [0.2, 0.25) is 0 Å². The normalized spacial score (nSPS) is 12.3. The van der Waals surface area contributed by atoms with Crippen molar-refractivity contribution in [3.05, 3.63) is 0 Å². The maximum Gasteiger partial charge on any atom is 0.319 e. The van der Waals surface area contributed by atoms with Gasteiger partial charge in [-0.25, -0.2) is 0 Å². The second kappa shape index (κ2) is 15.1. The Kier molecular flexibility index (Phi) is 15.0. The molecule has 0 rings (SSSR count). The van der Waals surface area contributed by atoms with E-state index in [4.69, 9.17) is 4.74 Å². The van der Waals surface area contributed by atoms with E-state index in [-0.39, 0.29) is 17.9 Å². The topological polar surface area (TPSA) is 26.3 Å². The standard InChI is InChI=1S/C16H31FO2S/c1-3-5-11-15(16(18)19-13-6-4-2)20-14-10-8-7-9-12-17/h15H,3-14H2,1-2H3. The fraction of sp³-hybridized carbons (Fsp3) is 0.938. The molecule has 0 aliphatic heterocycles. The van der Waals surface area contributed by atoms with Gasteiger partial charge in [0.05, 0.1) is 13.3 Å². The van der Waals surface area contributed by atoms with E-state index in [2.05, 4.69) is 13.8 Å². The Bertz CT molecular complexity index is 225. The molecule has 1 atom stereocenters. The number of ether oxygens (including phenoxy) is 1. The van der Waals surface area contributed by atoms with Crippen LogP contribution >= 0.6 is 11.8 Å². The zero-order chi connectivity index (χ0) is 15.1. The van der Waals surface area contributed by atoms with E-state index in [1.54, 1.807) is 11.8 Å². The van der Waals surface area contributed by atoms with Crippen molar-refractivity contribution in [2.24, 2.45) is 0 Å². The lowest BCUT2D eigenvalue weighted by molar-refractivity contribution is -0.143. The van der Waals surface area contributed by atoms with Crippen molar-refractivity contribution in [3.8, 4) is 0 Å². The van der Waals surface area contributed by atoms with Crippen molar-refractivity contribution in [2.75, 3.05) is 19.0 Å². The van der Waals surface area contributed by atoms with E-state index in [1.807, 2.05) is 0 Å². The number of halogens is 1. The van der Waals surface area contributed by atoms with Gasteiger partial charge in [-0.1, -0.05) is 46.0 Å². The van der Waals surface area contributed by atoms with E-state index >= 15 is 0 Å². The van der Waals surface area contributed by atoms with Crippen molar-refractivity contribution < 1.29 is 13.9 Å². The lowest BCUT2D eigenvalue weighted by atomic mass is 10.2. The smallest absolute Gasteiger partial charge is 0.319 e. The van der Waals surface area contributed by atoms with Gasteiger partial charge >= 0.3 is 5.97 Å². The van der Waals surface area contributed by atoms with Crippen LogP contribution in [-0.4, -0.2) is 30.3 Å². The maximum atomic E-state index is 12.0. The van der Waals surface area contributed by atoms with E-state index < -0.39 is 0 Å². The van der Waals surface area contributed by atoms with Crippen LogP contribution in [0.25, 0.3) is 0 Å². The molecule has 0 aliphatic rings. The van der Waals surface area contributed by atoms with Gasteiger partial charge in [0.25, 0.3) is 0 Å². The molecule has 0 aromatic rings. The van der Waals surface area contributed by atoms with Crippen molar-refractivity contribution in [3.63, 3.8) is 0 Å². The lowest BCUT2D eigenvalue weighted by Crippen LogP contribution is -2.21. The van der Waals surface area contributed by atoms with Gasteiger partial charge in [-0.2, -0.15) is 0 Å². The van der Waals surface area contributed by atoms with E-state index in [0.29, 0.717) is 13.0 Å². The fourth-order valence-corrected chi connectivity index (χ4v) is 3.04. The summed E-state index contributed by atoms with van der Waals surface area (Å²) in [6.07, 6.45) is 8.84. The van der Waals surface area contributed by atoms with Crippen LogP contribution in [0.1, 0.15) is 71.6 Å². The quantitative estimate of drug-likeness (QED) is 0.328. The SMILES string of the molecule is CCCCOC(=O)C(CCCC)SCCCCCCF. The summed E-state index contributed by atoms with van der Waals surface area (Å²) in [7, 11) is 0. The van der Waals surface area contributed by atoms with Crippen LogP contribution in [0.15, 0.2) is 0 Å². The second-order valence-electron chi connectivity index (χ2n) is 5.13. The molecule has 20 heavy (non-hydrogen) atoms. The molecule has 120 valence electrons. The Morgan fingerprint density at radius 1 is 1.05 bits per heavy atom. The second-order valence-corrected chi connectivity index (χ2v) is 6.44. The summed E-state index contributed by atoms with van der Waals surface area (Å²) in [5.41, 5.74) is 0. The first-order valence-corrected chi connectivity index (χ1v) is 9.15. The van der Waals surface area contributed by atoms with Crippen molar-refractivity contribution >= 4 is 17.7 Å². The van der Waals surface area contributed by atoms with Crippen molar-refractivity contribution in [1.29, 1.82) is 0 Å². The summed E-state index contributed by atoms with van der Waals surface area (Å²) in [5, 5.41) is -0.00650. The van der Waals surface area contributed by atoms with Gasteiger partial charge < -0.3 is 4.74 Å². The van der Waals surface area contributed by atoms with Gasteiger partial charge in [-0.3, -0.25) is 9.18 Å². The predicted octanol–water partition coefficient (Wildman–Crippen LogP) is 5.15. The highest BCUT2D eigenvalue weighted by molar-refractivity contribution is 8.00. The molecule has 0 aromatic heterocycles. The largest absolute Gasteiger partial charge is 0.465 e. The number of carbonyl (C=O) groups excluding carboxylic acids is 1. The third-order valence-corrected chi connectivity index (χ3v) is 4.53. The molecule has 4 heteroatoms. The maximum absolute atomic E-state index is 12.0. The van der Waals surface area contributed by atoms with Crippen molar-refractivity contribution in [1.82, 2.24) is 0 Å². The Balaban J connectivity index is 3.85. The minimum atomic E-state index is -0.212. The first-order chi connectivity index (χ1) is 9.76. The molecule has 0 bridgehead atoms. The first kappa shape index (κ1) is 19.8. The summed E-state index contributed by atoms with van der Waals surface area (Å²) in [6.45, 7) is 4.57. The number of hydrogen-bond acceptors (Lipinski definition) is 3. The molecular formula is C16H31FO2S. The van der Waals surface area contributed by atoms with Gasteiger partial charge in [0.15, 0.2) is 0 Å². The third kappa shape index (κ3) is 11.6. The van der Waals surface area contributed by atoms with Gasteiger partial charge in [0.1, 0.15) is 5.25 Å². The van der Waals surface area contributed by atoms with Gasteiger partial charge in [0.2, 0.25) is 0 Å². The molecule has 2 nitrogen and oxygen atoms in total. The number of rotatable bonds is 14. The first-order valence-electron chi connectivity index (χ1n) is 8.10. The van der Waals surface area contributed by atoms with Crippen molar-refractivity contribution in [2.45, 2.75) is 76.9 Å². The van der Waals surface area contributed by atoms with Crippen LogP contribution in [0.3, 0.4) is 0 Å². The highest BCUT2D eigenvalue weighted by Crippen LogP contribution is 2.21. The molecule has 0 saturated heterocycles. The van der Waals surface area contributed by atoms with Gasteiger partial charge in [-0.15, -0.1) is 11.8 Å². The summed E-state index contributed by atoms with van der Waals surface area (Å²) < 4.78 is 17.3. The molecule has 0 fully saturated rings. The summed E-state index contributed by atoms with van der Waals surface area (Å²) in [5.74, 6) is 0.935. The average molecular weight is 306 g/mol. The molecule has 0 heterocycles. The van der Waals surface area contributed by atoms with Crippen LogP contribution < -0.4 is 0 Å². The lowest BCUT2D eigenvalue weighted by Gasteiger charge is -2.15. The Morgan fingerprint density at radius 2 is 1.75 bits per heavy atom. The molecule has 0 saturated carbocycles. The highest BCUT2D eigenvalue weighted by atomic mass is 32.2. The molecule has 0 radical (unpaired) electrons. The van der Waals surface area contributed by atoms with Crippen LogP contribution in [-0.2, 0) is 9.53 Å². The minimum absolute atomic E-state index is 0.00650.